The van der Waals surface area contributed by atoms with Gasteiger partial charge in [0.25, 0.3) is 0 Å². The third kappa shape index (κ3) is 5.76. The standard InChI is InChI=1S/C29H26Cl2F2N8/c30-22-12-18(5-6-24(22)33)37-29-21-11-19(13-23(31)28(21)36-14-25(29)34)38-27(16-1-3-17(32)4-2-16)26-15-41(40-39-26)20-7-9-35-10-8-20/h1-6,11-15,20,27,35,38H,7-10,34H2,(H,36,37)/t27-/m0/s1. The van der Waals surface area contributed by atoms with E-state index in [9.17, 15) is 8.78 Å². The Bertz CT molecular complexity index is 1700. The molecule has 5 aromatic rings. The number of benzene rings is 3. The maximum Gasteiger partial charge on any atom is 0.141 e. The van der Waals surface area contributed by atoms with E-state index in [1.54, 1.807) is 24.3 Å². The molecule has 0 amide bonds. The van der Waals surface area contributed by atoms with Gasteiger partial charge in [-0.1, -0.05) is 40.5 Å². The van der Waals surface area contributed by atoms with Crippen molar-refractivity contribution in [1.82, 2.24) is 25.3 Å². The molecule has 8 nitrogen and oxygen atoms in total. The average Bonchev–Trinajstić information content (AvgIpc) is 3.46. The molecule has 1 aliphatic heterocycles. The second-order valence-electron chi connectivity index (χ2n) is 9.93. The Morgan fingerprint density at radius 2 is 1.73 bits per heavy atom. The van der Waals surface area contributed by atoms with Crippen molar-refractivity contribution in [2.24, 2.45) is 0 Å². The van der Waals surface area contributed by atoms with E-state index in [1.807, 2.05) is 16.9 Å². The van der Waals surface area contributed by atoms with Crippen LogP contribution < -0.4 is 21.7 Å². The van der Waals surface area contributed by atoms with Gasteiger partial charge in [-0.25, -0.2) is 13.5 Å². The van der Waals surface area contributed by atoms with E-state index < -0.39 is 11.9 Å². The SMILES string of the molecule is Nc1cnc2c(Cl)cc(N[C@@H](c3ccc(F)cc3)c3cn(C4CCNCC4)nn3)cc2c1Nc1ccc(F)c(Cl)c1. The minimum absolute atomic E-state index is 0.0213. The molecule has 1 aliphatic rings. The molecule has 0 aliphatic carbocycles. The fourth-order valence-corrected chi connectivity index (χ4v) is 5.49. The lowest BCUT2D eigenvalue weighted by Gasteiger charge is -2.22. The van der Waals surface area contributed by atoms with Crippen LogP contribution in [0.1, 0.15) is 36.2 Å². The summed E-state index contributed by atoms with van der Waals surface area (Å²) in [4.78, 5) is 4.43. The van der Waals surface area contributed by atoms with Crippen LogP contribution in [0.2, 0.25) is 10.0 Å². The molecule has 0 unspecified atom stereocenters. The second-order valence-corrected chi connectivity index (χ2v) is 10.7. The summed E-state index contributed by atoms with van der Waals surface area (Å²) in [6.45, 7) is 1.85. The minimum atomic E-state index is -0.525. The largest absolute Gasteiger partial charge is 0.396 e. The van der Waals surface area contributed by atoms with Gasteiger partial charge < -0.3 is 21.7 Å². The Balaban J connectivity index is 1.39. The van der Waals surface area contributed by atoms with E-state index >= 15 is 0 Å². The van der Waals surface area contributed by atoms with E-state index in [0.717, 1.165) is 31.5 Å². The lowest BCUT2D eigenvalue weighted by molar-refractivity contribution is 0.337. The molecule has 12 heteroatoms. The molecule has 2 aromatic heterocycles. The number of nitrogens with two attached hydrogens (primary N) is 1. The fraction of sp³-hybridized carbons (Fsp3) is 0.207. The summed E-state index contributed by atoms with van der Waals surface area (Å²) in [6, 6.07) is 14.0. The Morgan fingerprint density at radius 1 is 0.976 bits per heavy atom. The monoisotopic (exact) mass is 594 g/mol. The number of aromatic nitrogens is 4. The van der Waals surface area contributed by atoms with Crippen molar-refractivity contribution in [2.45, 2.75) is 24.9 Å². The van der Waals surface area contributed by atoms with Crippen molar-refractivity contribution >= 4 is 56.9 Å². The van der Waals surface area contributed by atoms with Gasteiger partial charge in [-0.05, 0) is 74.0 Å². The molecule has 3 heterocycles. The van der Waals surface area contributed by atoms with E-state index in [2.05, 4.69) is 31.2 Å². The molecular weight excluding hydrogens is 569 g/mol. The predicted octanol–water partition coefficient (Wildman–Crippen LogP) is 6.86. The molecule has 0 bridgehead atoms. The molecule has 0 radical (unpaired) electrons. The molecule has 41 heavy (non-hydrogen) atoms. The maximum absolute atomic E-state index is 13.8. The fourth-order valence-electron chi connectivity index (χ4n) is 5.04. The van der Waals surface area contributed by atoms with E-state index in [-0.39, 0.29) is 16.9 Å². The highest BCUT2D eigenvalue weighted by molar-refractivity contribution is 6.36. The third-order valence-corrected chi connectivity index (χ3v) is 7.74. The van der Waals surface area contributed by atoms with Crippen molar-refractivity contribution in [3.8, 4) is 0 Å². The number of anilines is 4. The summed E-state index contributed by atoms with van der Waals surface area (Å²) in [5, 5.41) is 20.0. The number of hydrogen-bond acceptors (Lipinski definition) is 7. The first kappa shape index (κ1) is 27.2. The van der Waals surface area contributed by atoms with Gasteiger partial charge in [0, 0.05) is 16.8 Å². The zero-order valence-corrected chi connectivity index (χ0v) is 23.2. The quantitative estimate of drug-likeness (QED) is 0.163. The molecule has 210 valence electrons. The molecule has 1 fully saturated rings. The molecule has 1 atom stereocenters. The van der Waals surface area contributed by atoms with Crippen LogP contribution in [0.5, 0.6) is 0 Å². The Labute approximate surface area is 244 Å². The number of nitrogen functional groups attached to an aromatic ring is 1. The van der Waals surface area contributed by atoms with Crippen LogP contribution in [-0.4, -0.2) is 33.1 Å². The molecular formula is C29H26Cl2F2N8. The summed E-state index contributed by atoms with van der Waals surface area (Å²) in [7, 11) is 0. The van der Waals surface area contributed by atoms with Crippen LogP contribution in [0.3, 0.4) is 0 Å². The number of rotatable bonds is 7. The lowest BCUT2D eigenvalue weighted by atomic mass is 10.0. The van der Waals surface area contributed by atoms with Gasteiger partial charge in [0.15, 0.2) is 0 Å². The first-order valence-corrected chi connectivity index (χ1v) is 13.9. The zero-order chi connectivity index (χ0) is 28.5. The highest BCUT2D eigenvalue weighted by Crippen LogP contribution is 2.38. The Kier molecular flexibility index (Phi) is 7.61. The lowest BCUT2D eigenvalue weighted by Crippen LogP contribution is -2.29. The first-order chi connectivity index (χ1) is 19.9. The summed E-state index contributed by atoms with van der Waals surface area (Å²) in [6.07, 6.45) is 5.36. The van der Waals surface area contributed by atoms with Crippen LogP contribution in [0.4, 0.5) is 31.5 Å². The molecule has 1 saturated heterocycles. The Hall–Kier alpha value is -3.99. The Morgan fingerprint density at radius 3 is 2.49 bits per heavy atom. The average molecular weight is 595 g/mol. The first-order valence-electron chi connectivity index (χ1n) is 13.1. The van der Waals surface area contributed by atoms with Crippen LogP contribution >= 0.6 is 23.2 Å². The smallest absolute Gasteiger partial charge is 0.141 e. The van der Waals surface area contributed by atoms with Crippen molar-refractivity contribution in [2.75, 3.05) is 29.5 Å². The summed E-state index contributed by atoms with van der Waals surface area (Å²) in [5.74, 6) is -0.860. The highest BCUT2D eigenvalue weighted by atomic mass is 35.5. The molecule has 0 saturated carbocycles. The van der Waals surface area contributed by atoms with Crippen molar-refractivity contribution in [1.29, 1.82) is 0 Å². The van der Waals surface area contributed by atoms with Crippen molar-refractivity contribution in [3.63, 3.8) is 0 Å². The minimum Gasteiger partial charge on any atom is -0.396 e. The van der Waals surface area contributed by atoms with E-state index in [4.69, 9.17) is 28.9 Å². The molecule has 0 spiro atoms. The van der Waals surface area contributed by atoms with Crippen LogP contribution in [0, 0.1) is 11.6 Å². The number of hydrogen-bond donors (Lipinski definition) is 4. The summed E-state index contributed by atoms with van der Waals surface area (Å²) in [5.41, 5.74) is 10.4. The normalized spacial score (nSPS) is 14.7. The predicted molar refractivity (Wildman–Crippen MR) is 159 cm³/mol. The van der Waals surface area contributed by atoms with Gasteiger partial charge in [0.05, 0.1) is 51.4 Å². The van der Waals surface area contributed by atoms with Gasteiger partial charge in [0.1, 0.15) is 17.3 Å². The van der Waals surface area contributed by atoms with Crippen LogP contribution in [0.15, 0.2) is 67.0 Å². The van der Waals surface area contributed by atoms with Crippen LogP contribution in [0.25, 0.3) is 10.9 Å². The number of halogens is 4. The number of fused-ring (bicyclic) bond motifs is 1. The number of piperidine rings is 1. The number of nitrogens with one attached hydrogen (secondary N) is 3. The third-order valence-electron chi connectivity index (χ3n) is 7.16. The zero-order valence-electron chi connectivity index (χ0n) is 21.7. The number of pyridine rings is 1. The van der Waals surface area contributed by atoms with Gasteiger partial charge >= 0.3 is 0 Å². The molecule has 6 rings (SSSR count). The van der Waals surface area contributed by atoms with Gasteiger partial charge in [-0.15, -0.1) is 5.10 Å². The van der Waals surface area contributed by atoms with Gasteiger partial charge in [-0.3, -0.25) is 4.98 Å². The highest BCUT2D eigenvalue weighted by Gasteiger charge is 2.23. The van der Waals surface area contributed by atoms with E-state index in [1.165, 1.54) is 30.5 Å². The topological polar surface area (TPSA) is 106 Å². The van der Waals surface area contributed by atoms with Crippen LogP contribution in [-0.2, 0) is 0 Å². The number of nitrogens with zero attached hydrogens (tertiary/aromatic N) is 4. The second kappa shape index (κ2) is 11.5. The van der Waals surface area contributed by atoms with Gasteiger partial charge in [-0.2, -0.15) is 0 Å². The summed E-state index contributed by atoms with van der Waals surface area (Å²) < 4.78 is 29.5. The molecule has 5 N–H and O–H groups in total. The van der Waals surface area contributed by atoms with Gasteiger partial charge in [0.2, 0.25) is 0 Å². The summed E-state index contributed by atoms with van der Waals surface area (Å²) >= 11 is 12.7. The van der Waals surface area contributed by atoms with E-state index in [0.29, 0.717) is 44.4 Å². The van der Waals surface area contributed by atoms with Crippen molar-refractivity contribution < 1.29 is 8.78 Å². The maximum atomic E-state index is 13.8. The van der Waals surface area contributed by atoms with Crippen molar-refractivity contribution in [3.05, 3.63) is 99.9 Å². The molecule has 3 aromatic carbocycles.